The van der Waals surface area contributed by atoms with E-state index in [-0.39, 0.29) is 0 Å². The fourth-order valence-corrected chi connectivity index (χ4v) is 2.43. The molecule has 1 aromatic rings. The Hall–Kier alpha value is -0.350. The van der Waals surface area contributed by atoms with Gasteiger partial charge in [-0.1, -0.05) is 13.8 Å². The predicted octanol–water partition coefficient (Wildman–Crippen LogP) is 2.41. The van der Waals surface area contributed by atoms with Gasteiger partial charge in [0.05, 0.1) is 15.9 Å². The van der Waals surface area contributed by atoms with E-state index in [1.54, 1.807) is 0 Å². The minimum Gasteiger partial charge on any atom is -0.328 e. The van der Waals surface area contributed by atoms with E-state index >= 15 is 0 Å². The number of nitrogens with two attached hydrogens (primary N) is 1. The molecule has 4 heteroatoms. The van der Waals surface area contributed by atoms with Gasteiger partial charge in [-0.25, -0.2) is 0 Å². The van der Waals surface area contributed by atoms with Crippen LogP contribution in [0.25, 0.3) is 0 Å². The highest BCUT2D eigenvalue weighted by molar-refractivity contribution is 9.10. The number of hydrogen-bond donors (Lipinski definition) is 1. The van der Waals surface area contributed by atoms with Gasteiger partial charge in [0.1, 0.15) is 0 Å². The molecule has 3 nitrogen and oxygen atoms in total. The van der Waals surface area contributed by atoms with Crippen LogP contribution in [-0.2, 0) is 19.9 Å². The van der Waals surface area contributed by atoms with E-state index in [0.717, 1.165) is 35.8 Å². The van der Waals surface area contributed by atoms with Crippen LogP contribution in [0.4, 0.5) is 0 Å². The molecule has 1 rings (SSSR count). The van der Waals surface area contributed by atoms with Crippen molar-refractivity contribution in [3.05, 3.63) is 15.9 Å². The molecule has 0 aromatic carbocycles. The molecule has 1 heterocycles. The lowest BCUT2D eigenvalue weighted by atomic mass is 10.1. The molecule has 1 unspecified atom stereocenters. The molecule has 0 fully saturated rings. The second-order valence-electron chi connectivity index (χ2n) is 3.89. The standard InChI is InChI=1S/C11H20BrN3/c1-4-8(13)6-7-10-11(12)9(5-2)14-15(10)3/h8H,4-7,13H2,1-3H3. The Bertz CT molecular complexity index is 320. The quantitative estimate of drug-likeness (QED) is 0.896. The number of hydrogen-bond acceptors (Lipinski definition) is 2. The average Bonchev–Trinajstić information content (AvgIpc) is 2.51. The van der Waals surface area contributed by atoms with Gasteiger partial charge >= 0.3 is 0 Å². The van der Waals surface area contributed by atoms with E-state index in [1.807, 2.05) is 11.7 Å². The molecule has 0 aliphatic heterocycles. The van der Waals surface area contributed by atoms with Crippen molar-refractivity contribution in [3.8, 4) is 0 Å². The highest BCUT2D eigenvalue weighted by atomic mass is 79.9. The third kappa shape index (κ3) is 3.05. The fraction of sp³-hybridized carbons (Fsp3) is 0.727. The normalized spacial score (nSPS) is 13.1. The van der Waals surface area contributed by atoms with Crippen molar-refractivity contribution in [2.24, 2.45) is 12.8 Å². The number of nitrogens with zero attached hydrogens (tertiary/aromatic N) is 2. The molecular formula is C11H20BrN3. The molecule has 86 valence electrons. The molecule has 1 aromatic heterocycles. The van der Waals surface area contributed by atoms with Crippen LogP contribution >= 0.6 is 15.9 Å². The zero-order valence-corrected chi connectivity index (χ0v) is 11.3. The summed E-state index contributed by atoms with van der Waals surface area (Å²) in [5.41, 5.74) is 8.31. The highest BCUT2D eigenvalue weighted by Crippen LogP contribution is 2.23. The van der Waals surface area contributed by atoms with Gasteiger partial charge in [-0.3, -0.25) is 4.68 Å². The van der Waals surface area contributed by atoms with Gasteiger partial charge in [-0.2, -0.15) is 5.10 Å². The predicted molar refractivity (Wildman–Crippen MR) is 66.9 cm³/mol. The van der Waals surface area contributed by atoms with E-state index in [4.69, 9.17) is 5.73 Å². The second kappa shape index (κ2) is 5.66. The van der Waals surface area contributed by atoms with Crippen molar-refractivity contribution in [2.45, 2.75) is 45.6 Å². The summed E-state index contributed by atoms with van der Waals surface area (Å²) in [5.74, 6) is 0. The molecule has 0 spiro atoms. The lowest BCUT2D eigenvalue weighted by Gasteiger charge is -2.08. The molecule has 0 saturated heterocycles. The molecule has 0 radical (unpaired) electrons. The monoisotopic (exact) mass is 273 g/mol. The van der Waals surface area contributed by atoms with Crippen LogP contribution in [0.5, 0.6) is 0 Å². The van der Waals surface area contributed by atoms with E-state index in [9.17, 15) is 0 Å². The molecule has 2 N–H and O–H groups in total. The van der Waals surface area contributed by atoms with Gasteiger partial charge in [-0.15, -0.1) is 0 Å². The van der Waals surface area contributed by atoms with E-state index < -0.39 is 0 Å². The molecule has 0 bridgehead atoms. The summed E-state index contributed by atoms with van der Waals surface area (Å²) in [4.78, 5) is 0. The largest absolute Gasteiger partial charge is 0.328 e. The Kier molecular flexibility index (Phi) is 4.80. The van der Waals surface area contributed by atoms with Crippen molar-refractivity contribution in [1.29, 1.82) is 0 Å². The van der Waals surface area contributed by atoms with Gasteiger partial charge in [0.25, 0.3) is 0 Å². The maximum atomic E-state index is 5.92. The molecule has 1 atom stereocenters. The van der Waals surface area contributed by atoms with Crippen LogP contribution in [0, 0.1) is 0 Å². The van der Waals surface area contributed by atoms with Gasteiger partial charge in [0.2, 0.25) is 0 Å². The summed E-state index contributed by atoms with van der Waals surface area (Å²) < 4.78 is 3.13. The summed E-state index contributed by atoms with van der Waals surface area (Å²) in [6, 6.07) is 0.303. The highest BCUT2D eigenvalue weighted by Gasteiger charge is 2.12. The Morgan fingerprint density at radius 2 is 2.13 bits per heavy atom. The molecule has 0 aliphatic rings. The SMILES string of the molecule is CCc1nn(C)c(CCC(N)CC)c1Br. The summed E-state index contributed by atoms with van der Waals surface area (Å²) in [6.45, 7) is 4.25. The van der Waals surface area contributed by atoms with Gasteiger partial charge < -0.3 is 5.73 Å². The first-order valence-corrected chi connectivity index (χ1v) is 6.35. The Labute approximate surface area is 100 Å². The summed E-state index contributed by atoms with van der Waals surface area (Å²) in [7, 11) is 2.00. The molecule has 0 amide bonds. The summed E-state index contributed by atoms with van der Waals surface area (Å²) >= 11 is 3.61. The second-order valence-corrected chi connectivity index (χ2v) is 4.68. The Morgan fingerprint density at radius 1 is 1.47 bits per heavy atom. The average molecular weight is 274 g/mol. The van der Waals surface area contributed by atoms with Crippen LogP contribution in [0.3, 0.4) is 0 Å². The van der Waals surface area contributed by atoms with E-state index in [0.29, 0.717) is 6.04 Å². The first-order chi connectivity index (χ1) is 7.10. The van der Waals surface area contributed by atoms with Gasteiger partial charge in [0, 0.05) is 13.1 Å². The van der Waals surface area contributed by atoms with Crippen LogP contribution in [-0.4, -0.2) is 15.8 Å². The molecule has 15 heavy (non-hydrogen) atoms. The van der Waals surface area contributed by atoms with Gasteiger partial charge in [-0.05, 0) is 41.6 Å². The lowest BCUT2D eigenvalue weighted by molar-refractivity contribution is 0.574. The van der Waals surface area contributed by atoms with E-state index in [2.05, 4.69) is 34.9 Å². The third-order valence-electron chi connectivity index (χ3n) is 2.78. The fourth-order valence-electron chi connectivity index (χ4n) is 1.62. The molecule has 0 aliphatic carbocycles. The van der Waals surface area contributed by atoms with Crippen LogP contribution < -0.4 is 5.73 Å². The van der Waals surface area contributed by atoms with Crippen molar-refractivity contribution >= 4 is 15.9 Å². The van der Waals surface area contributed by atoms with Crippen LogP contribution in [0.1, 0.15) is 38.1 Å². The first-order valence-electron chi connectivity index (χ1n) is 5.55. The number of rotatable bonds is 5. The van der Waals surface area contributed by atoms with Crippen molar-refractivity contribution in [3.63, 3.8) is 0 Å². The maximum Gasteiger partial charge on any atom is 0.0766 e. The zero-order valence-electron chi connectivity index (χ0n) is 9.76. The lowest BCUT2D eigenvalue weighted by Crippen LogP contribution is -2.19. The van der Waals surface area contributed by atoms with Crippen LogP contribution in [0.15, 0.2) is 4.47 Å². The minimum absolute atomic E-state index is 0.303. The summed E-state index contributed by atoms with van der Waals surface area (Å²) in [5, 5.41) is 4.46. The number of aromatic nitrogens is 2. The third-order valence-corrected chi connectivity index (χ3v) is 3.69. The maximum absolute atomic E-state index is 5.92. The minimum atomic E-state index is 0.303. The number of aryl methyl sites for hydroxylation is 2. The zero-order chi connectivity index (χ0) is 11.4. The van der Waals surface area contributed by atoms with E-state index in [1.165, 1.54) is 5.69 Å². The van der Waals surface area contributed by atoms with Gasteiger partial charge in [0.15, 0.2) is 0 Å². The summed E-state index contributed by atoms with van der Waals surface area (Å²) in [6.07, 6.45) is 4.03. The van der Waals surface area contributed by atoms with Crippen molar-refractivity contribution in [1.82, 2.24) is 9.78 Å². The van der Waals surface area contributed by atoms with Crippen molar-refractivity contribution < 1.29 is 0 Å². The smallest absolute Gasteiger partial charge is 0.0766 e. The van der Waals surface area contributed by atoms with Crippen molar-refractivity contribution in [2.75, 3.05) is 0 Å². The van der Waals surface area contributed by atoms with Crippen LogP contribution in [0.2, 0.25) is 0 Å². The Morgan fingerprint density at radius 3 is 2.60 bits per heavy atom. The Balaban J connectivity index is 2.72. The molecular weight excluding hydrogens is 254 g/mol. The first kappa shape index (κ1) is 12.7. The number of halogens is 1. The molecule has 0 saturated carbocycles. The topological polar surface area (TPSA) is 43.8 Å².